The van der Waals surface area contributed by atoms with Gasteiger partial charge in [-0.05, 0) is 51.2 Å². The van der Waals surface area contributed by atoms with Gasteiger partial charge in [-0.15, -0.1) is 0 Å². The van der Waals surface area contributed by atoms with Crippen molar-refractivity contribution in [1.29, 1.82) is 5.26 Å². The number of methoxy groups -OCH3 is 1. The molecule has 2 aromatic heterocycles. The van der Waals surface area contributed by atoms with Crippen LogP contribution in [0, 0.1) is 11.3 Å². The lowest BCUT2D eigenvalue weighted by atomic mass is 9.85. The highest BCUT2D eigenvalue weighted by Crippen LogP contribution is 2.36. The highest BCUT2D eigenvalue weighted by Gasteiger charge is 2.31. The summed E-state index contributed by atoms with van der Waals surface area (Å²) in [5.41, 5.74) is 1.62. The van der Waals surface area contributed by atoms with Crippen molar-refractivity contribution in [2.45, 2.75) is 57.2 Å². The molecule has 5 rings (SSSR count). The van der Waals surface area contributed by atoms with Crippen LogP contribution < -0.4 is 19.7 Å². The van der Waals surface area contributed by atoms with E-state index in [9.17, 15) is 15.2 Å². The Morgan fingerprint density at radius 1 is 1.31 bits per heavy atom. The second-order valence-corrected chi connectivity index (χ2v) is 9.36. The monoisotopic (exact) mass is 476 g/mol. The van der Waals surface area contributed by atoms with E-state index >= 15 is 0 Å². The normalized spacial score (nSPS) is 22.3. The maximum atomic E-state index is 12.1. The van der Waals surface area contributed by atoms with Gasteiger partial charge in [0.05, 0.1) is 29.3 Å². The summed E-state index contributed by atoms with van der Waals surface area (Å²) in [7, 11) is 1.57. The first kappa shape index (κ1) is 22.9. The molecule has 1 aliphatic carbocycles. The van der Waals surface area contributed by atoms with Crippen LogP contribution in [-0.4, -0.2) is 51.3 Å². The fraction of sp³-hybridized carbons (Fsp3) is 0.440. The lowest BCUT2D eigenvalue weighted by Gasteiger charge is -2.33. The van der Waals surface area contributed by atoms with Gasteiger partial charge in [0.1, 0.15) is 23.6 Å². The fourth-order valence-electron chi connectivity index (χ4n) is 4.71. The van der Waals surface area contributed by atoms with E-state index in [2.05, 4.69) is 26.3 Å². The zero-order valence-corrected chi connectivity index (χ0v) is 19.8. The SMILES string of the molecule is COc1cc(N2CCCC2=O)ccc1Nc1nc(O[C@H]2CC[C@@](C)(O)CC2)c2c(C#N)c[nH]c2n1. The van der Waals surface area contributed by atoms with Crippen LogP contribution in [0.3, 0.4) is 0 Å². The van der Waals surface area contributed by atoms with Crippen molar-refractivity contribution >= 4 is 34.3 Å². The van der Waals surface area contributed by atoms with Crippen LogP contribution >= 0.6 is 0 Å². The Kier molecular flexibility index (Phi) is 5.94. The van der Waals surface area contributed by atoms with E-state index in [-0.39, 0.29) is 18.0 Å². The zero-order valence-electron chi connectivity index (χ0n) is 19.8. The molecule has 1 saturated carbocycles. The van der Waals surface area contributed by atoms with Crippen molar-refractivity contribution in [3.8, 4) is 17.7 Å². The van der Waals surface area contributed by atoms with Crippen LogP contribution in [0.5, 0.6) is 11.6 Å². The smallest absolute Gasteiger partial charge is 0.232 e. The third-order valence-electron chi connectivity index (χ3n) is 6.72. The predicted octanol–water partition coefficient (Wildman–Crippen LogP) is 3.78. The molecule has 35 heavy (non-hydrogen) atoms. The second-order valence-electron chi connectivity index (χ2n) is 9.36. The van der Waals surface area contributed by atoms with Crippen LogP contribution in [-0.2, 0) is 4.79 Å². The first-order valence-electron chi connectivity index (χ1n) is 11.8. The highest BCUT2D eigenvalue weighted by atomic mass is 16.5. The van der Waals surface area contributed by atoms with E-state index in [0.29, 0.717) is 72.6 Å². The number of fused-ring (bicyclic) bond motifs is 1. The maximum absolute atomic E-state index is 12.1. The molecule has 0 spiro atoms. The number of benzene rings is 1. The number of hydrogen-bond acceptors (Lipinski definition) is 8. The minimum absolute atomic E-state index is 0.104. The van der Waals surface area contributed by atoms with Gasteiger partial charge in [0, 0.05) is 30.9 Å². The Bertz CT molecular complexity index is 1300. The number of hydrogen-bond donors (Lipinski definition) is 3. The van der Waals surface area contributed by atoms with Gasteiger partial charge in [-0.2, -0.15) is 15.2 Å². The van der Waals surface area contributed by atoms with E-state index in [4.69, 9.17) is 9.47 Å². The Balaban J connectivity index is 1.45. The summed E-state index contributed by atoms with van der Waals surface area (Å²) in [5, 5.41) is 23.5. The van der Waals surface area contributed by atoms with E-state index in [1.807, 2.05) is 25.1 Å². The Morgan fingerprint density at radius 3 is 2.80 bits per heavy atom. The molecule has 1 amide bonds. The number of aliphatic hydroxyl groups is 1. The van der Waals surface area contributed by atoms with Crippen LogP contribution in [0.1, 0.15) is 51.0 Å². The zero-order chi connectivity index (χ0) is 24.6. The molecule has 182 valence electrons. The molecular weight excluding hydrogens is 448 g/mol. The van der Waals surface area contributed by atoms with E-state index in [1.54, 1.807) is 18.2 Å². The molecule has 3 N–H and O–H groups in total. The molecule has 3 heterocycles. The van der Waals surface area contributed by atoms with E-state index in [1.165, 1.54) is 0 Å². The fourth-order valence-corrected chi connectivity index (χ4v) is 4.71. The first-order chi connectivity index (χ1) is 16.9. The molecule has 2 aliphatic rings. The molecule has 10 nitrogen and oxygen atoms in total. The van der Waals surface area contributed by atoms with E-state index in [0.717, 1.165) is 12.1 Å². The molecule has 1 aliphatic heterocycles. The average molecular weight is 477 g/mol. The van der Waals surface area contributed by atoms with Gasteiger partial charge < -0.3 is 29.8 Å². The summed E-state index contributed by atoms with van der Waals surface area (Å²) in [4.78, 5) is 26.0. The van der Waals surface area contributed by atoms with Crippen LogP contribution in [0.25, 0.3) is 11.0 Å². The lowest BCUT2D eigenvalue weighted by molar-refractivity contribution is -0.117. The molecule has 0 unspecified atom stereocenters. The number of anilines is 3. The highest BCUT2D eigenvalue weighted by molar-refractivity contribution is 5.96. The topological polar surface area (TPSA) is 136 Å². The van der Waals surface area contributed by atoms with E-state index < -0.39 is 5.60 Å². The van der Waals surface area contributed by atoms with Crippen LogP contribution in [0.2, 0.25) is 0 Å². The van der Waals surface area contributed by atoms with Gasteiger partial charge in [0.25, 0.3) is 0 Å². The quantitative estimate of drug-likeness (QED) is 0.489. The lowest BCUT2D eigenvalue weighted by Crippen LogP contribution is -2.35. The summed E-state index contributed by atoms with van der Waals surface area (Å²) in [6, 6.07) is 7.67. The summed E-state index contributed by atoms with van der Waals surface area (Å²) >= 11 is 0. The van der Waals surface area contributed by atoms with Crippen molar-refractivity contribution in [2.24, 2.45) is 0 Å². The number of carbonyl (C=O) groups is 1. The minimum Gasteiger partial charge on any atom is -0.494 e. The number of ether oxygens (including phenoxy) is 2. The Hall–Kier alpha value is -3.84. The number of amides is 1. The number of aromatic amines is 1. The molecule has 0 atom stereocenters. The Labute approximate surface area is 202 Å². The number of carbonyl (C=O) groups excluding carboxylic acids is 1. The van der Waals surface area contributed by atoms with Gasteiger partial charge in [0.2, 0.25) is 17.7 Å². The van der Waals surface area contributed by atoms with Crippen molar-refractivity contribution in [3.63, 3.8) is 0 Å². The minimum atomic E-state index is -0.679. The van der Waals surface area contributed by atoms with Gasteiger partial charge >= 0.3 is 0 Å². The molecular formula is C25H28N6O4. The third kappa shape index (κ3) is 4.59. The summed E-state index contributed by atoms with van der Waals surface area (Å²) in [6.45, 7) is 2.53. The number of rotatable bonds is 6. The first-order valence-corrected chi connectivity index (χ1v) is 11.8. The van der Waals surface area contributed by atoms with Crippen molar-refractivity contribution in [1.82, 2.24) is 15.0 Å². The summed E-state index contributed by atoms with van der Waals surface area (Å²) < 4.78 is 11.8. The van der Waals surface area contributed by atoms with Gasteiger partial charge in [0.15, 0.2) is 0 Å². The Morgan fingerprint density at radius 2 is 2.11 bits per heavy atom. The largest absolute Gasteiger partial charge is 0.494 e. The number of nitrogens with zero attached hydrogens (tertiary/aromatic N) is 4. The van der Waals surface area contributed by atoms with Crippen molar-refractivity contribution in [2.75, 3.05) is 23.9 Å². The summed E-state index contributed by atoms with van der Waals surface area (Å²) in [5.74, 6) is 1.25. The van der Waals surface area contributed by atoms with Crippen LogP contribution in [0.15, 0.2) is 24.4 Å². The van der Waals surface area contributed by atoms with Crippen LogP contribution in [0.4, 0.5) is 17.3 Å². The molecule has 0 radical (unpaired) electrons. The summed E-state index contributed by atoms with van der Waals surface area (Å²) in [6.07, 6.45) is 5.53. The van der Waals surface area contributed by atoms with Crippen molar-refractivity contribution < 1.29 is 19.4 Å². The molecule has 1 saturated heterocycles. The molecule has 10 heteroatoms. The van der Waals surface area contributed by atoms with Gasteiger partial charge in [-0.1, -0.05) is 0 Å². The van der Waals surface area contributed by atoms with Gasteiger partial charge in [-0.25, -0.2) is 0 Å². The molecule has 1 aromatic carbocycles. The molecule has 0 bridgehead atoms. The number of aromatic nitrogens is 3. The second kappa shape index (κ2) is 9.07. The number of H-pyrrole nitrogens is 1. The molecule has 2 fully saturated rings. The third-order valence-corrected chi connectivity index (χ3v) is 6.72. The maximum Gasteiger partial charge on any atom is 0.232 e. The predicted molar refractivity (Wildman–Crippen MR) is 130 cm³/mol. The molecule has 3 aromatic rings. The number of nitrogens with one attached hydrogen (secondary N) is 2. The standard InChI is InChI=1S/C25H28N6O4/c1-25(33)9-7-17(8-10-25)35-23-21-15(13-26)14-27-22(21)29-24(30-23)28-18-6-5-16(12-19(18)34-2)31-11-3-4-20(31)32/h5-6,12,14,17,33H,3-4,7-11H2,1-2H3,(H2,27,28,29,30)/t17-,25+. The van der Waals surface area contributed by atoms with Gasteiger partial charge in [-0.3, -0.25) is 4.79 Å². The van der Waals surface area contributed by atoms with Crippen molar-refractivity contribution in [3.05, 3.63) is 30.0 Å². The number of nitriles is 1. The average Bonchev–Trinajstić information content (AvgIpc) is 3.46.